The summed E-state index contributed by atoms with van der Waals surface area (Å²) in [6.07, 6.45) is 2.02. The van der Waals surface area contributed by atoms with E-state index in [1.165, 1.54) is 21.1 Å². The van der Waals surface area contributed by atoms with E-state index in [2.05, 4.69) is 75.8 Å². The zero-order valence-corrected chi connectivity index (χ0v) is 41.4. The van der Waals surface area contributed by atoms with Gasteiger partial charge in [-0.25, -0.2) is 8.78 Å². The summed E-state index contributed by atoms with van der Waals surface area (Å²) < 4.78 is 47.3. The Kier molecular flexibility index (Phi) is 11.5. The Bertz CT molecular complexity index is 3760. The molecule has 12 aromatic rings. The number of pyridine rings is 2. The zero-order chi connectivity index (χ0) is 45.1. The maximum absolute atomic E-state index is 15.9. The van der Waals surface area contributed by atoms with E-state index in [1.54, 1.807) is 12.1 Å². The van der Waals surface area contributed by atoms with Crippen LogP contribution in [0, 0.1) is 30.7 Å². The average Bonchev–Trinajstić information content (AvgIpc) is 4.03. The molecule has 0 amide bonds. The van der Waals surface area contributed by atoms with Crippen molar-refractivity contribution in [3.8, 4) is 50.6 Å². The summed E-state index contributed by atoms with van der Waals surface area (Å²) in [6, 6.07) is 58.1. The van der Waals surface area contributed by atoms with Crippen molar-refractivity contribution in [1.82, 2.24) is 19.5 Å². The molecule has 0 aliphatic rings. The Hall–Kier alpha value is -7.04. The van der Waals surface area contributed by atoms with Crippen molar-refractivity contribution in [3.63, 3.8) is 0 Å². The number of para-hydroxylation sites is 2. The van der Waals surface area contributed by atoms with Crippen LogP contribution in [0.1, 0.15) is 5.69 Å². The molecule has 0 bridgehead atoms. The molecule has 10 heteroatoms. The molecule has 0 aliphatic carbocycles. The molecule has 0 unspecified atom stereocenters. The van der Waals surface area contributed by atoms with Gasteiger partial charge in [0.1, 0.15) is 22.9 Å². The van der Waals surface area contributed by atoms with E-state index in [-0.39, 0.29) is 25.8 Å². The molecule has 67 heavy (non-hydrogen) atoms. The molecular weight excluding hydrogens is 1080 g/mol. The van der Waals surface area contributed by atoms with Gasteiger partial charge in [0.2, 0.25) is 0 Å². The first kappa shape index (κ1) is 43.8. The first-order valence-electron chi connectivity index (χ1n) is 21.7. The summed E-state index contributed by atoms with van der Waals surface area (Å²) in [6.45, 7) is 1.97. The number of fused-ring (bicyclic) bond motifs is 7. The van der Waals surface area contributed by atoms with Crippen molar-refractivity contribution < 1.29 is 37.7 Å². The Morgan fingerprint density at radius 3 is 1.88 bits per heavy atom. The molecule has 12 rings (SSSR count). The number of benzene rings is 7. The van der Waals surface area contributed by atoms with Crippen LogP contribution in [0.15, 0.2) is 179 Å². The van der Waals surface area contributed by atoms with Gasteiger partial charge in [-0.2, -0.15) is 0 Å². The number of furan rings is 2. The molecule has 0 saturated heterocycles. The normalized spacial score (nSPS) is 11.6. The molecule has 1 radical (unpaired) electrons. The number of hydrogen-bond donors (Lipinski definition) is 0. The molecule has 5 aromatic heterocycles. The van der Waals surface area contributed by atoms with E-state index in [9.17, 15) is 0 Å². The van der Waals surface area contributed by atoms with Crippen LogP contribution in [0.4, 0.5) is 8.78 Å². The molecule has 0 atom stereocenters. The van der Waals surface area contributed by atoms with E-state index in [0.717, 1.165) is 60.8 Å². The van der Waals surface area contributed by atoms with Gasteiger partial charge in [0.25, 0.3) is 0 Å². The second-order valence-corrected chi connectivity index (χ2v) is 28.0. The van der Waals surface area contributed by atoms with Gasteiger partial charge in [-0.3, -0.25) is 4.98 Å². The monoisotopic (exact) mass is 1120 g/mol. The number of aromatic nitrogens is 4. The fraction of sp³-hybridized carbons (Fsp3) is 0.0702. The van der Waals surface area contributed by atoms with Crippen molar-refractivity contribution in [2.75, 3.05) is 0 Å². The van der Waals surface area contributed by atoms with Gasteiger partial charge in [-0.05, 0) is 52.6 Å². The molecule has 0 spiro atoms. The minimum Gasteiger partial charge on any atom is -0.501 e. The van der Waals surface area contributed by atoms with E-state index < -0.39 is 24.9 Å². The Labute approximate surface area is 401 Å². The van der Waals surface area contributed by atoms with Gasteiger partial charge < -0.3 is 8.98 Å². The second kappa shape index (κ2) is 17.6. The SMILES string of the molecule is Cc1ccc2c(n1)oc1c(-c3cc[c]([Ge]([CH3])([CH3])[CH3])cn3)[c-]ccc12.Fc1cc(-c2ccccc2)cc(F)c1-n1c(-c2[c-]ccc3c2oc2cc(-c4ccccc4)ccc23)nc2ccccc21.[Ir]. The Balaban J connectivity index is 0.000000179. The standard InChI is InChI=1S/C37H21F2N2O.C20H19GeN2O.Ir/c38-30-20-26(24-12-5-2-6-13-24)21-31(39)35(30)41-33-17-8-7-16-32(33)40-37(41)29-15-9-14-28-27-19-18-25(22-34(27)42-36(28)29)23-10-3-1-4-11-23;1-13-8-10-16-15-6-5-7-17(19(15)24-20(16)23-13)18-11-9-14(12-22-18)21(2,3)4;/h1-14,16-22H;5-6,8-12H,1-4H3;/q2*-1;. The first-order chi connectivity index (χ1) is 32.1. The number of nitrogens with zero attached hydrogens (tertiary/aromatic N) is 4. The van der Waals surface area contributed by atoms with Crippen LogP contribution in [0.2, 0.25) is 17.3 Å². The van der Waals surface area contributed by atoms with Crippen molar-refractivity contribution >= 4 is 72.7 Å². The van der Waals surface area contributed by atoms with Gasteiger partial charge in [-0.15, -0.1) is 18.2 Å². The predicted octanol–water partition coefficient (Wildman–Crippen LogP) is 14.7. The number of halogens is 2. The maximum Gasteiger partial charge on any atom is 0.150 e. The van der Waals surface area contributed by atoms with Gasteiger partial charge in [0.05, 0.1) is 22.4 Å². The van der Waals surface area contributed by atoms with Crippen LogP contribution in [-0.4, -0.2) is 32.8 Å². The third kappa shape index (κ3) is 8.07. The molecule has 7 aromatic carbocycles. The van der Waals surface area contributed by atoms with E-state index in [0.29, 0.717) is 44.9 Å². The molecule has 0 N–H and O–H groups in total. The fourth-order valence-corrected chi connectivity index (χ4v) is 10.8. The minimum atomic E-state index is -1.85. The molecule has 329 valence electrons. The third-order valence-electron chi connectivity index (χ3n) is 12.0. The van der Waals surface area contributed by atoms with Gasteiger partial charge >= 0.3 is 144 Å². The van der Waals surface area contributed by atoms with Crippen molar-refractivity contribution in [2.24, 2.45) is 0 Å². The van der Waals surface area contributed by atoms with Crippen molar-refractivity contribution in [2.45, 2.75) is 24.2 Å². The maximum atomic E-state index is 15.9. The van der Waals surface area contributed by atoms with Crippen molar-refractivity contribution in [1.29, 1.82) is 0 Å². The van der Waals surface area contributed by atoms with Crippen LogP contribution in [0.25, 0.3) is 106 Å². The van der Waals surface area contributed by atoms with Crippen molar-refractivity contribution in [3.05, 3.63) is 199 Å². The van der Waals surface area contributed by atoms with Crippen LogP contribution < -0.4 is 4.40 Å². The number of rotatable bonds is 6. The fourth-order valence-electron chi connectivity index (χ4n) is 8.60. The zero-order valence-electron chi connectivity index (χ0n) is 36.9. The predicted molar refractivity (Wildman–Crippen MR) is 265 cm³/mol. The molecule has 0 fully saturated rings. The number of aryl methyl sites for hydroxylation is 1. The molecule has 0 saturated carbocycles. The molecule has 5 heterocycles. The van der Waals surface area contributed by atoms with Gasteiger partial charge in [0, 0.05) is 25.5 Å². The summed E-state index contributed by atoms with van der Waals surface area (Å²) in [4.78, 5) is 14.0. The topological polar surface area (TPSA) is 69.9 Å². The minimum absolute atomic E-state index is 0. The first-order valence-corrected chi connectivity index (χ1v) is 29.1. The Morgan fingerprint density at radius 2 is 1.19 bits per heavy atom. The van der Waals surface area contributed by atoms with E-state index in [4.69, 9.17) is 13.8 Å². The average molecular weight is 1120 g/mol. The summed E-state index contributed by atoms with van der Waals surface area (Å²) in [7, 11) is 0. The van der Waals surface area contributed by atoms with Crippen LogP contribution in [0.5, 0.6) is 0 Å². The smallest absolute Gasteiger partial charge is 0.150 e. The number of imidazole rings is 1. The number of hydrogen-bond acceptors (Lipinski definition) is 5. The van der Waals surface area contributed by atoms with Crippen LogP contribution >= 0.6 is 0 Å². The van der Waals surface area contributed by atoms with E-state index in [1.807, 2.05) is 116 Å². The molecule has 6 nitrogen and oxygen atoms in total. The molecular formula is C57H40F2GeIrN4O2-2. The summed E-state index contributed by atoms with van der Waals surface area (Å²) in [5, 5.41) is 3.90. The second-order valence-electron chi connectivity index (χ2n) is 17.4. The third-order valence-corrected chi connectivity index (χ3v) is 16.3. The largest absolute Gasteiger partial charge is 0.501 e. The summed E-state index contributed by atoms with van der Waals surface area (Å²) >= 11 is -1.85. The molecule has 0 aliphatic heterocycles. The van der Waals surface area contributed by atoms with Crippen LogP contribution in [0.3, 0.4) is 0 Å². The van der Waals surface area contributed by atoms with Crippen LogP contribution in [-0.2, 0) is 20.1 Å². The van der Waals surface area contributed by atoms with E-state index >= 15 is 8.78 Å². The van der Waals surface area contributed by atoms with Gasteiger partial charge in [-0.1, -0.05) is 95.9 Å². The van der Waals surface area contributed by atoms with Gasteiger partial charge in [0.15, 0.2) is 0 Å². The quantitative estimate of drug-likeness (QED) is 0.123. The summed E-state index contributed by atoms with van der Waals surface area (Å²) in [5.41, 5.74) is 10.3. The Morgan fingerprint density at radius 1 is 0.567 bits per heavy atom. The summed E-state index contributed by atoms with van der Waals surface area (Å²) in [5.74, 6) is 6.07.